The van der Waals surface area contributed by atoms with Crippen LogP contribution in [0.15, 0.2) is 91.6 Å². The van der Waals surface area contributed by atoms with Gasteiger partial charge in [-0.3, -0.25) is 91.8 Å². The molecule has 2 fully saturated rings. The summed E-state index contributed by atoms with van der Waals surface area (Å²) in [6, 6.07) is -0.551. The van der Waals surface area contributed by atoms with Crippen molar-refractivity contribution < 1.29 is 86.6 Å². The molecule has 0 aliphatic carbocycles. The van der Waals surface area contributed by atoms with Gasteiger partial charge in [0.2, 0.25) is 94.5 Å². The fourth-order valence-corrected chi connectivity index (χ4v) is 17.4. The standard InChI is InChI=1S/C89H124N24O18S/c1-10-12-27-69-82(125)102-59(26-19-31-95-89(92)93)78(121)108-67(77(120)98-42-73(91)116)45-132-46-75(118)101-64-37-56-49(5)21-18-29-68(56)113(87(64)130)50(6)76(119)104-65(38-72(90)115)86(129)112-32-20-30-70(112)83(126)103-61(36-53-41-94-47-99-53)80(123)105-62(33-48(3)4)84(127)109(7)43-74(117)100-60(34-51-39-96-57-24-16-14-22-54(51)57)79(122)107-66(44-114)81(124)106-63(35-52-40-97-58-25-17-15-23-55(52)58)85(128)111(9)71(28-13-11-2)88(131)110(69)8/h14-18,21-25,29,39-41,47-48,50,59-67,69-71,96-97,114H,10-13,19-20,26-28,30-38,42-46H2,1-9H3,(H2,90,115)(H2,91,116)(H,94,99)(H,98,120)(H,100,117)(H,101,118)(H,102,125)(H,103,126)(H,104,119)(H,105,123)(H,106,124)(H,107,122)(H,108,121)(H4,92,93,95)/t50-,59-,60-,61-,62-,63-,64-,65-,66-,67-,69-,70-,71-/m0/s1. The van der Waals surface area contributed by atoms with Gasteiger partial charge in [-0.25, -0.2) is 4.98 Å². The average Bonchev–Trinajstić information content (AvgIpc) is 0.898. The Hall–Kier alpha value is -13.5. The Labute approximate surface area is 767 Å². The van der Waals surface area contributed by atoms with Gasteiger partial charge >= 0.3 is 0 Å². The van der Waals surface area contributed by atoms with E-state index in [0.717, 1.165) is 36.3 Å². The van der Waals surface area contributed by atoms with Crippen LogP contribution in [-0.4, -0.2) is 295 Å². The first-order valence-electron chi connectivity index (χ1n) is 44.3. The van der Waals surface area contributed by atoms with E-state index in [1.165, 1.54) is 40.6 Å². The number of imidazole rings is 1. The van der Waals surface area contributed by atoms with E-state index in [9.17, 15) is 62.6 Å². The SMILES string of the molecule is CCCC[C@H]1C(=O)N(C)[C@@H](CCCC)C(=O)N[C@@H](CCCNC(=N)N)C(=O)N[C@H](C(=O)NCC(N)=O)CSCC(=O)N[C@H]2Cc3c(C)cccc3N(C2=O)[C@@H](C)C(=O)N[C@@H](CC(N)=O)C(=O)N2CCC[C@H]2C(=O)N[C@@H](Cc2cnc[nH]2)C(=O)N[C@@H](CC(C)C)C(=O)N(C)CC(=O)N[C@@H](Cc2c[nH]c3ccccc23)C(=O)N[C@@H](CO)C(=O)N[C@@H](Cc2c[nH]c3ccccc23)C(=O)N1C. The number of aromatic amines is 3. The Kier molecular flexibility index (Phi) is 37.5. The van der Waals surface area contributed by atoms with Gasteiger partial charge in [0.1, 0.15) is 78.5 Å². The van der Waals surface area contributed by atoms with Crippen molar-refractivity contribution in [2.45, 2.75) is 223 Å². The number of nitrogens with two attached hydrogens (primary N) is 3. The summed E-state index contributed by atoms with van der Waals surface area (Å²) in [6.07, 6.45) is 6.10. The number of aryl methyl sites for hydroxylation is 1. The number of nitrogens with zero attached hydrogens (tertiary/aromatic N) is 6. The molecule has 714 valence electrons. The second kappa shape index (κ2) is 48.4. The Balaban J connectivity index is 1.09. The molecule has 2 saturated heterocycles. The van der Waals surface area contributed by atoms with Crippen molar-refractivity contribution in [3.63, 3.8) is 0 Å². The zero-order valence-corrected chi connectivity index (χ0v) is 76.5. The number of primary amides is 2. The molecular formula is C89H124N24O18S. The Morgan fingerprint density at radius 3 is 1.78 bits per heavy atom. The van der Waals surface area contributed by atoms with Crippen LogP contribution in [0.5, 0.6) is 0 Å². The smallest absolute Gasteiger partial charge is 0.250 e. The summed E-state index contributed by atoms with van der Waals surface area (Å²) < 4.78 is 0. The minimum atomic E-state index is -1.85. The third kappa shape index (κ3) is 27.6. The van der Waals surface area contributed by atoms with Gasteiger partial charge < -0.3 is 115 Å². The number of thioether (sulfide) groups is 1. The minimum Gasteiger partial charge on any atom is -0.394 e. The quantitative estimate of drug-likeness (QED) is 0.0178. The number of guanidine groups is 1. The molecule has 3 aromatic carbocycles. The number of hydrogen-bond acceptors (Lipinski definition) is 21. The first-order chi connectivity index (χ1) is 62.9. The number of carbonyl (C=O) groups is 17. The highest BCUT2D eigenvalue weighted by molar-refractivity contribution is 8.00. The van der Waals surface area contributed by atoms with Gasteiger partial charge in [-0.2, -0.15) is 0 Å². The van der Waals surface area contributed by atoms with Crippen molar-refractivity contribution in [2.75, 3.05) is 70.3 Å². The van der Waals surface area contributed by atoms with Crippen molar-refractivity contribution in [3.8, 4) is 0 Å². The summed E-state index contributed by atoms with van der Waals surface area (Å²) >= 11 is 0.806. The lowest BCUT2D eigenvalue weighted by atomic mass is 9.92. The normalized spacial score (nSPS) is 23.8. The van der Waals surface area contributed by atoms with Crippen LogP contribution in [0.3, 0.4) is 0 Å². The molecule has 6 aromatic rings. The predicted molar refractivity (Wildman–Crippen MR) is 489 cm³/mol. The molecule has 0 saturated carbocycles. The molecule has 2 bridgehead atoms. The summed E-state index contributed by atoms with van der Waals surface area (Å²) in [5.74, 6) is -17.0. The molecule has 132 heavy (non-hydrogen) atoms. The van der Waals surface area contributed by atoms with Crippen LogP contribution in [0.1, 0.15) is 140 Å². The Bertz CT molecular complexity index is 5180. The number of H-pyrrole nitrogens is 3. The van der Waals surface area contributed by atoms with Crippen LogP contribution in [0.25, 0.3) is 21.8 Å². The number of fused-ring (bicyclic) bond motifs is 7. The Morgan fingerprint density at radius 2 is 1.17 bits per heavy atom. The number of rotatable bonds is 24. The summed E-state index contributed by atoms with van der Waals surface area (Å²) in [5.41, 5.74) is 21.0. The van der Waals surface area contributed by atoms with E-state index in [2.05, 4.69) is 78.4 Å². The van der Waals surface area contributed by atoms with Gasteiger partial charge in [0.05, 0.1) is 38.2 Å². The van der Waals surface area contributed by atoms with Crippen LogP contribution < -0.4 is 80.6 Å². The number of carbonyl (C=O) groups excluding carboxylic acids is 17. The van der Waals surface area contributed by atoms with Crippen molar-refractivity contribution in [1.29, 1.82) is 5.41 Å². The highest BCUT2D eigenvalue weighted by Gasteiger charge is 2.46. The van der Waals surface area contributed by atoms with E-state index in [1.54, 1.807) is 99.9 Å². The molecule has 6 heterocycles. The zero-order valence-electron chi connectivity index (χ0n) is 75.7. The third-order valence-electron chi connectivity index (χ3n) is 23.6. The molecule has 3 aliphatic rings. The number of likely N-dealkylation sites (N-methyl/N-ethyl adjacent to an activating group) is 3. The fourth-order valence-electron chi connectivity index (χ4n) is 16.5. The largest absolute Gasteiger partial charge is 0.394 e. The molecule has 0 radical (unpaired) electrons. The number of benzene rings is 3. The first-order valence-corrected chi connectivity index (χ1v) is 45.5. The molecule has 0 unspecified atom stereocenters. The molecule has 43 heteroatoms. The lowest BCUT2D eigenvalue weighted by Crippen LogP contribution is -2.61. The van der Waals surface area contributed by atoms with Gasteiger partial charge in [-0.05, 0) is 105 Å². The number of aromatic nitrogens is 4. The van der Waals surface area contributed by atoms with Gasteiger partial charge in [0.15, 0.2) is 5.96 Å². The van der Waals surface area contributed by atoms with Crippen LogP contribution in [0.4, 0.5) is 5.69 Å². The van der Waals surface area contributed by atoms with E-state index in [-0.39, 0.29) is 95.3 Å². The number of anilines is 1. The van der Waals surface area contributed by atoms with Crippen LogP contribution in [0.2, 0.25) is 0 Å². The Morgan fingerprint density at radius 1 is 0.583 bits per heavy atom. The lowest BCUT2D eigenvalue weighted by Gasteiger charge is -2.38. The molecular weight excluding hydrogens is 1730 g/mol. The second-order valence-electron chi connectivity index (χ2n) is 34.0. The minimum absolute atomic E-state index is 0.000510. The summed E-state index contributed by atoms with van der Waals surface area (Å²) in [4.78, 5) is 268. The number of amides is 17. The summed E-state index contributed by atoms with van der Waals surface area (Å²) in [6.45, 7) is 7.72. The highest BCUT2D eigenvalue weighted by atomic mass is 32.2. The number of nitrogens with one attached hydrogen (secondary N) is 15. The lowest BCUT2D eigenvalue weighted by molar-refractivity contribution is -0.149. The number of hydrogen-bond donors (Lipinski definition) is 19. The maximum Gasteiger partial charge on any atom is 0.250 e. The van der Waals surface area contributed by atoms with Crippen molar-refractivity contribution in [3.05, 3.63) is 120 Å². The van der Waals surface area contributed by atoms with Gasteiger partial charge in [-0.1, -0.05) is 102 Å². The summed E-state index contributed by atoms with van der Waals surface area (Å²) in [7, 11) is 4.00. The van der Waals surface area contributed by atoms with Gasteiger partial charge in [0, 0.05) is 117 Å². The summed E-state index contributed by atoms with van der Waals surface area (Å²) in [5, 5.41) is 49.5. The zero-order chi connectivity index (χ0) is 96.3. The molecule has 22 N–H and O–H groups in total. The number of unbranched alkanes of at least 4 members (excludes halogenated alkanes) is 2. The highest BCUT2D eigenvalue weighted by Crippen LogP contribution is 2.34. The maximum atomic E-state index is 15.7. The van der Waals surface area contributed by atoms with Crippen LogP contribution in [-0.2, 0) is 107 Å². The van der Waals surface area contributed by atoms with E-state index in [0.29, 0.717) is 75.4 Å². The monoisotopic (exact) mass is 1850 g/mol. The maximum absolute atomic E-state index is 15.7. The molecule has 9 rings (SSSR count). The van der Waals surface area contributed by atoms with Crippen molar-refractivity contribution >= 4 is 146 Å². The number of aliphatic hydroxyl groups excluding tert-OH is 1. The van der Waals surface area contributed by atoms with Gasteiger partial charge in [0.25, 0.3) is 5.91 Å². The van der Waals surface area contributed by atoms with Gasteiger partial charge in [-0.15, -0.1) is 11.8 Å². The molecule has 42 nitrogen and oxygen atoms in total. The topological polar surface area (TPSA) is 621 Å². The predicted octanol–water partition coefficient (Wildman–Crippen LogP) is -1.94. The van der Waals surface area contributed by atoms with Crippen LogP contribution >= 0.6 is 11.8 Å². The second-order valence-corrected chi connectivity index (χ2v) is 35.0. The average molecular weight is 1850 g/mol. The number of para-hydroxylation sites is 2. The number of aliphatic hydroxyl groups is 1. The molecule has 17 amide bonds. The van der Waals surface area contributed by atoms with E-state index in [4.69, 9.17) is 22.6 Å². The van der Waals surface area contributed by atoms with Crippen LogP contribution in [0, 0.1) is 18.3 Å². The van der Waals surface area contributed by atoms with E-state index >= 15 is 24.0 Å². The third-order valence-corrected chi connectivity index (χ3v) is 24.6. The van der Waals surface area contributed by atoms with Crippen molar-refractivity contribution in [1.82, 2.24) is 98.0 Å². The first kappa shape index (κ1) is 102. The molecule has 3 aromatic heterocycles. The fraction of sp³-hybridized carbons (Fsp3) is 0.517. The molecule has 3 aliphatic heterocycles. The van der Waals surface area contributed by atoms with E-state index < -0.39 is 223 Å². The van der Waals surface area contributed by atoms with Crippen molar-refractivity contribution in [2.24, 2.45) is 23.1 Å². The van der Waals surface area contributed by atoms with E-state index in [1.807, 2.05) is 13.8 Å². The molecule has 13 atom stereocenters. The molecule has 0 spiro atoms.